The minimum atomic E-state index is -0.846. The fourth-order valence-electron chi connectivity index (χ4n) is 2.34. The number of benzene rings is 2. The Kier molecular flexibility index (Phi) is 4.34. The topological polar surface area (TPSA) is 78.0 Å². The van der Waals surface area contributed by atoms with E-state index < -0.39 is 6.10 Å². The fraction of sp³-hybridized carbons (Fsp3) is 0.176. The summed E-state index contributed by atoms with van der Waals surface area (Å²) in [5.74, 6) is -0.0936. The third-order valence-electron chi connectivity index (χ3n) is 3.51. The van der Waals surface area contributed by atoms with Gasteiger partial charge in [-0.05, 0) is 23.8 Å². The van der Waals surface area contributed by atoms with Crippen LogP contribution in [0.25, 0.3) is 11.0 Å². The second-order valence-corrected chi connectivity index (χ2v) is 5.25. The molecule has 0 aliphatic carbocycles. The average molecular weight is 313 g/mol. The molecule has 3 N–H and O–H groups in total. The number of nitrogens with zero attached hydrogens (tertiary/aromatic N) is 1. The first-order valence-electron chi connectivity index (χ1n) is 7.25. The minimum absolute atomic E-state index is 0.0289. The van der Waals surface area contributed by atoms with Gasteiger partial charge in [0, 0.05) is 0 Å². The van der Waals surface area contributed by atoms with Gasteiger partial charge in [-0.2, -0.15) is 0 Å². The van der Waals surface area contributed by atoms with E-state index in [1.165, 1.54) is 12.1 Å². The Morgan fingerprint density at radius 3 is 2.83 bits per heavy atom. The van der Waals surface area contributed by atoms with Crippen LogP contribution in [0.4, 0.5) is 4.39 Å². The lowest BCUT2D eigenvalue weighted by molar-refractivity contribution is -0.123. The van der Waals surface area contributed by atoms with Gasteiger partial charge in [-0.15, -0.1) is 0 Å². The predicted octanol–water partition coefficient (Wildman–Crippen LogP) is 2.44. The number of amides is 1. The lowest BCUT2D eigenvalue weighted by atomic mass is 10.1. The number of hydrogen-bond acceptors (Lipinski definition) is 3. The summed E-state index contributed by atoms with van der Waals surface area (Å²) in [6.07, 6.45) is -0.875. The van der Waals surface area contributed by atoms with Crippen LogP contribution in [-0.2, 0) is 11.3 Å². The molecule has 0 saturated heterocycles. The quantitative estimate of drug-likeness (QED) is 0.677. The molecular weight excluding hydrogens is 297 g/mol. The third kappa shape index (κ3) is 3.73. The molecule has 6 heteroatoms. The summed E-state index contributed by atoms with van der Waals surface area (Å²) in [5, 5.41) is 12.7. The van der Waals surface area contributed by atoms with E-state index in [1.807, 2.05) is 18.2 Å². The minimum Gasteiger partial charge on any atom is -0.388 e. The molecule has 0 fully saturated rings. The number of aliphatic hydroxyl groups excluding tert-OH is 1. The number of hydrogen-bond donors (Lipinski definition) is 3. The van der Waals surface area contributed by atoms with E-state index in [9.17, 15) is 14.3 Å². The Labute approximate surface area is 132 Å². The summed E-state index contributed by atoms with van der Waals surface area (Å²) in [4.78, 5) is 19.1. The standard InChI is InChI=1S/C17H16FN3O2/c18-12-6-7-13-14(8-12)21-16(20-13)10-19-17(23)9-15(22)11-4-2-1-3-5-11/h1-8,15,22H,9-10H2,(H,19,23)(H,20,21). The van der Waals surface area contributed by atoms with Crippen molar-refractivity contribution in [3.63, 3.8) is 0 Å². The fourth-order valence-corrected chi connectivity index (χ4v) is 2.34. The number of carbonyl (C=O) groups excluding carboxylic acids is 1. The van der Waals surface area contributed by atoms with Crippen molar-refractivity contribution in [2.45, 2.75) is 19.1 Å². The molecule has 0 bridgehead atoms. The molecule has 1 atom stereocenters. The van der Waals surface area contributed by atoms with Gasteiger partial charge in [-0.25, -0.2) is 9.37 Å². The molecule has 0 aliphatic rings. The Balaban J connectivity index is 1.57. The van der Waals surface area contributed by atoms with Crippen LogP contribution in [-0.4, -0.2) is 21.0 Å². The number of imidazole rings is 1. The average Bonchev–Trinajstić information content (AvgIpc) is 2.95. The number of rotatable bonds is 5. The highest BCUT2D eigenvalue weighted by molar-refractivity contribution is 5.77. The number of aromatic amines is 1. The zero-order valence-electron chi connectivity index (χ0n) is 12.3. The van der Waals surface area contributed by atoms with E-state index in [2.05, 4.69) is 15.3 Å². The van der Waals surface area contributed by atoms with Gasteiger partial charge < -0.3 is 15.4 Å². The molecule has 1 unspecified atom stereocenters. The number of carbonyl (C=O) groups is 1. The normalized spacial score (nSPS) is 12.3. The van der Waals surface area contributed by atoms with Crippen molar-refractivity contribution in [2.75, 3.05) is 0 Å². The molecule has 0 radical (unpaired) electrons. The maximum Gasteiger partial charge on any atom is 0.223 e. The Morgan fingerprint density at radius 1 is 1.26 bits per heavy atom. The third-order valence-corrected chi connectivity index (χ3v) is 3.51. The molecule has 1 heterocycles. The molecule has 3 rings (SSSR count). The Hall–Kier alpha value is -2.73. The van der Waals surface area contributed by atoms with Gasteiger partial charge in [-0.3, -0.25) is 4.79 Å². The Bertz CT molecular complexity index is 817. The van der Waals surface area contributed by atoms with E-state index in [-0.39, 0.29) is 24.7 Å². The van der Waals surface area contributed by atoms with Crippen molar-refractivity contribution in [1.29, 1.82) is 0 Å². The number of H-pyrrole nitrogens is 1. The number of nitrogens with one attached hydrogen (secondary N) is 2. The van der Waals surface area contributed by atoms with E-state index in [4.69, 9.17) is 0 Å². The molecule has 23 heavy (non-hydrogen) atoms. The molecule has 2 aromatic carbocycles. The largest absolute Gasteiger partial charge is 0.388 e. The first kappa shape index (κ1) is 15.2. The van der Waals surface area contributed by atoms with Gasteiger partial charge in [0.1, 0.15) is 11.6 Å². The van der Waals surface area contributed by atoms with Crippen molar-refractivity contribution in [2.24, 2.45) is 0 Å². The molecular formula is C17H16FN3O2. The van der Waals surface area contributed by atoms with Crippen LogP contribution in [0.1, 0.15) is 23.9 Å². The zero-order chi connectivity index (χ0) is 16.2. The monoisotopic (exact) mass is 313 g/mol. The highest BCUT2D eigenvalue weighted by Crippen LogP contribution is 2.16. The molecule has 0 spiro atoms. The smallest absolute Gasteiger partial charge is 0.223 e. The second kappa shape index (κ2) is 6.58. The molecule has 118 valence electrons. The molecule has 0 aliphatic heterocycles. The van der Waals surface area contributed by atoms with Crippen LogP contribution in [0.5, 0.6) is 0 Å². The van der Waals surface area contributed by atoms with Crippen molar-refractivity contribution < 1.29 is 14.3 Å². The van der Waals surface area contributed by atoms with Gasteiger partial charge >= 0.3 is 0 Å². The van der Waals surface area contributed by atoms with Gasteiger partial charge in [0.05, 0.1) is 30.1 Å². The molecule has 5 nitrogen and oxygen atoms in total. The van der Waals surface area contributed by atoms with E-state index in [1.54, 1.807) is 18.2 Å². The van der Waals surface area contributed by atoms with Gasteiger partial charge in [0.25, 0.3) is 0 Å². The highest BCUT2D eigenvalue weighted by Gasteiger charge is 2.13. The maximum atomic E-state index is 13.1. The highest BCUT2D eigenvalue weighted by atomic mass is 19.1. The molecule has 0 saturated carbocycles. The molecule has 1 aromatic heterocycles. The summed E-state index contributed by atoms with van der Waals surface area (Å²) in [6, 6.07) is 13.3. The van der Waals surface area contributed by atoms with Crippen molar-refractivity contribution in [3.05, 3.63) is 65.7 Å². The summed E-state index contributed by atoms with van der Waals surface area (Å²) in [7, 11) is 0. The summed E-state index contributed by atoms with van der Waals surface area (Å²) < 4.78 is 13.1. The van der Waals surface area contributed by atoms with Crippen LogP contribution in [0.2, 0.25) is 0 Å². The SMILES string of the molecule is O=C(CC(O)c1ccccc1)NCc1nc2ccc(F)cc2[nH]1. The summed E-state index contributed by atoms with van der Waals surface area (Å²) in [5.41, 5.74) is 1.92. The van der Waals surface area contributed by atoms with Gasteiger partial charge in [0.15, 0.2) is 0 Å². The van der Waals surface area contributed by atoms with Crippen LogP contribution in [0, 0.1) is 5.82 Å². The summed E-state index contributed by atoms with van der Waals surface area (Å²) >= 11 is 0. The van der Waals surface area contributed by atoms with Crippen LogP contribution < -0.4 is 5.32 Å². The van der Waals surface area contributed by atoms with E-state index >= 15 is 0 Å². The van der Waals surface area contributed by atoms with Gasteiger partial charge in [-0.1, -0.05) is 30.3 Å². The van der Waals surface area contributed by atoms with Crippen molar-refractivity contribution >= 4 is 16.9 Å². The van der Waals surface area contributed by atoms with Crippen LogP contribution >= 0.6 is 0 Å². The van der Waals surface area contributed by atoms with Crippen LogP contribution in [0.3, 0.4) is 0 Å². The van der Waals surface area contributed by atoms with Crippen molar-refractivity contribution in [3.8, 4) is 0 Å². The lowest BCUT2D eigenvalue weighted by Crippen LogP contribution is -2.25. The number of halogens is 1. The van der Waals surface area contributed by atoms with Crippen molar-refractivity contribution in [1.82, 2.24) is 15.3 Å². The van der Waals surface area contributed by atoms with Crippen LogP contribution in [0.15, 0.2) is 48.5 Å². The summed E-state index contributed by atoms with van der Waals surface area (Å²) in [6.45, 7) is 0.191. The predicted molar refractivity (Wildman–Crippen MR) is 83.9 cm³/mol. The number of fused-ring (bicyclic) bond motifs is 1. The number of aliphatic hydroxyl groups is 1. The van der Waals surface area contributed by atoms with Gasteiger partial charge in [0.2, 0.25) is 5.91 Å². The maximum absolute atomic E-state index is 13.1. The van der Waals surface area contributed by atoms with E-state index in [0.29, 0.717) is 22.4 Å². The molecule has 3 aromatic rings. The first-order valence-corrected chi connectivity index (χ1v) is 7.25. The lowest BCUT2D eigenvalue weighted by Gasteiger charge is -2.10. The second-order valence-electron chi connectivity index (χ2n) is 5.25. The first-order chi connectivity index (χ1) is 11.1. The Morgan fingerprint density at radius 2 is 2.04 bits per heavy atom. The van der Waals surface area contributed by atoms with E-state index in [0.717, 1.165) is 0 Å². The molecule has 1 amide bonds. The number of aromatic nitrogens is 2. The zero-order valence-corrected chi connectivity index (χ0v) is 12.3.